The quantitative estimate of drug-likeness (QED) is 0.831. The molecule has 0 saturated carbocycles. The molecular weight excluding hydrogens is 224 g/mol. The summed E-state index contributed by atoms with van der Waals surface area (Å²) in [7, 11) is 1.73. The van der Waals surface area contributed by atoms with Crippen molar-refractivity contribution in [1.29, 1.82) is 0 Å². The second-order valence-electron chi connectivity index (χ2n) is 3.78. The van der Waals surface area contributed by atoms with Gasteiger partial charge in [-0.15, -0.1) is 0 Å². The zero-order valence-electron chi connectivity index (χ0n) is 10.0. The first-order valence-corrected chi connectivity index (χ1v) is 5.91. The fourth-order valence-corrected chi connectivity index (χ4v) is 1.83. The minimum absolute atomic E-state index is 0.157. The largest absolute Gasteiger partial charge is 0.380 e. The topological polar surface area (TPSA) is 34.2 Å². The second kappa shape index (κ2) is 6.84. The molecular formula is C12H19ClN2O. The number of rotatable bonds is 6. The average molecular weight is 243 g/mol. The van der Waals surface area contributed by atoms with E-state index in [-0.39, 0.29) is 12.1 Å². The zero-order chi connectivity index (χ0) is 12.0. The molecule has 0 bridgehead atoms. The molecule has 0 radical (unpaired) electrons. The standard InChI is InChI=1S/C12H19ClN2O/c1-4-15-12(9(2)16-3)7-10-5-6-14-8-11(10)13/h5-6,8-9,12,15H,4,7H2,1-3H3. The lowest BCUT2D eigenvalue weighted by molar-refractivity contribution is 0.0836. The van der Waals surface area contributed by atoms with Crippen molar-refractivity contribution in [3.8, 4) is 0 Å². The van der Waals surface area contributed by atoms with Crippen LogP contribution in [-0.4, -0.2) is 30.8 Å². The first kappa shape index (κ1) is 13.4. The van der Waals surface area contributed by atoms with Gasteiger partial charge in [-0.1, -0.05) is 18.5 Å². The van der Waals surface area contributed by atoms with Crippen LogP contribution in [0.3, 0.4) is 0 Å². The van der Waals surface area contributed by atoms with Gasteiger partial charge >= 0.3 is 0 Å². The summed E-state index contributed by atoms with van der Waals surface area (Å²) in [6.07, 6.45) is 4.45. The Morgan fingerprint density at radius 1 is 1.56 bits per heavy atom. The summed E-state index contributed by atoms with van der Waals surface area (Å²) in [5.41, 5.74) is 1.10. The van der Waals surface area contributed by atoms with Gasteiger partial charge in [0.15, 0.2) is 0 Å². The lowest BCUT2D eigenvalue weighted by atomic mass is 10.0. The number of likely N-dealkylation sites (N-methyl/N-ethyl adjacent to an activating group) is 1. The van der Waals surface area contributed by atoms with E-state index in [1.54, 1.807) is 19.5 Å². The molecule has 0 spiro atoms. The van der Waals surface area contributed by atoms with Crippen LogP contribution in [0.25, 0.3) is 0 Å². The molecule has 0 aliphatic heterocycles. The van der Waals surface area contributed by atoms with Gasteiger partial charge in [-0.2, -0.15) is 0 Å². The minimum Gasteiger partial charge on any atom is -0.380 e. The maximum atomic E-state index is 6.09. The Bertz CT molecular complexity index is 320. The van der Waals surface area contributed by atoms with E-state index in [0.717, 1.165) is 18.5 Å². The molecule has 0 saturated heterocycles. The normalized spacial score (nSPS) is 14.8. The van der Waals surface area contributed by atoms with Crippen LogP contribution in [0.15, 0.2) is 18.5 Å². The number of hydrogen-bond donors (Lipinski definition) is 1. The van der Waals surface area contributed by atoms with E-state index in [2.05, 4.69) is 24.1 Å². The van der Waals surface area contributed by atoms with Crippen molar-refractivity contribution in [1.82, 2.24) is 10.3 Å². The maximum absolute atomic E-state index is 6.09. The molecule has 16 heavy (non-hydrogen) atoms. The third-order valence-corrected chi connectivity index (χ3v) is 3.04. The Labute approximate surface area is 102 Å². The van der Waals surface area contributed by atoms with Crippen molar-refractivity contribution >= 4 is 11.6 Å². The van der Waals surface area contributed by atoms with Gasteiger partial charge < -0.3 is 10.1 Å². The number of nitrogens with zero attached hydrogens (tertiary/aromatic N) is 1. The summed E-state index contributed by atoms with van der Waals surface area (Å²) in [5, 5.41) is 4.12. The molecule has 0 fully saturated rings. The monoisotopic (exact) mass is 242 g/mol. The van der Waals surface area contributed by atoms with Crippen LogP contribution in [0.5, 0.6) is 0 Å². The number of halogens is 1. The SMILES string of the molecule is CCNC(Cc1ccncc1Cl)C(C)OC. The Hall–Kier alpha value is -0.640. The lowest BCUT2D eigenvalue weighted by Crippen LogP contribution is -2.41. The van der Waals surface area contributed by atoms with Crippen LogP contribution in [0.1, 0.15) is 19.4 Å². The Morgan fingerprint density at radius 3 is 2.88 bits per heavy atom. The summed E-state index contributed by atoms with van der Waals surface area (Å²) in [6, 6.07) is 2.23. The third-order valence-electron chi connectivity index (χ3n) is 2.70. The number of ether oxygens (including phenoxy) is 1. The minimum atomic E-state index is 0.157. The summed E-state index contributed by atoms with van der Waals surface area (Å²) in [4.78, 5) is 3.98. The van der Waals surface area contributed by atoms with Gasteiger partial charge in [-0.3, -0.25) is 4.98 Å². The van der Waals surface area contributed by atoms with E-state index < -0.39 is 0 Å². The molecule has 1 aromatic rings. The number of aromatic nitrogens is 1. The van der Waals surface area contributed by atoms with E-state index in [1.807, 2.05) is 6.07 Å². The van der Waals surface area contributed by atoms with Gasteiger partial charge in [0.2, 0.25) is 0 Å². The zero-order valence-corrected chi connectivity index (χ0v) is 10.8. The van der Waals surface area contributed by atoms with Crippen LogP contribution >= 0.6 is 11.6 Å². The molecule has 0 aliphatic carbocycles. The van der Waals surface area contributed by atoms with Crippen molar-refractivity contribution < 1.29 is 4.74 Å². The third kappa shape index (κ3) is 3.74. The first-order valence-electron chi connectivity index (χ1n) is 5.53. The molecule has 90 valence electrons. The van der Waals surface area contributed by atoms with Gasteiger partial charge in [0, 0.05) is 25.5 Å². The molecule has 0 aromatic carbocycles. The fourth-order valence-electron chi connectivity index (χ4n) is 1.64. The van der Waals surface area contributed by atoms with Crippen LogP contribution in [-0.2, 0) is 11.2 Å². The molecule has 3 nitrogen and oxygen atoms in total. The summed E-state index contributed by atoms with van der Waals surface area (Å²) < 4.78 is 5.36. The Morgan fingerprint density at radius 2 is 2.31 bits per heavy atom. The fraction of sp³-hybridized carbons (Fsp3) is 0.583. The summed E-state index contributed by atoms with van der Waals surface area (Å²) in [5.74, 6) is 0. The van der Waals surface area contributed by atoms with Gasteiger partial charge in [-0.05, 0) is 31.5 Å². The molecule has 2 unspecified atom stereocenters. The lowest BCUT2D eigenvalue weighted by Gasteiger charge is -2.24. The van der Waals surface area contributed by atoms with E-state index in [4.69, 9.17) is 16.3 Å². The van der Waals surface area contributed by atoms with Gasteiger partial charge in [-0.25, -0.2) is 0 Å². The van der Waals surface area contributed by atoms with Crippen molar-refractivity contribution in [2.75, 3.05) is 13.7 Å². The summed E-state index contributed by atoms with van der Waals surface area (Å²) >= 11 is 6.09. The van der Waals surface area contributed by atoms with Crippen LogP contribution in [0, 0.1) is 0 Å². The first-order chi connectivity index (χ1) is 7.69. The van der Waals surface area contributed by atoms with Crippen molar-refractivity contribution in [2.24, 2.45) is 0 Å². The Kier molecular flexibility index (Phi) is 5.74. The maximum Gasteiger partial charge on any atom is 0.0699 e. The smallest absolute Gasteiger partial charge is 0.0699 e. The van der Waals surface area contributed by atoms with Gasteiger partial charge in [0.05, 0.1) is 11.1 Å². The predicted molar refractivity (Wildman–Crippen MR) is 66.9 cm³/mol. The predicted octanol–water partition coefficient (Wildman–Crippen LogP) is 2.29. The van der Waals surface area contributed by atoms with Crippen LogP contribution in [0.4, 0.5) is 0 Å². The highest BCUT2D eigenvalue weighted by molar-refractivity contribution is 6.31. The molecule has 1 rings (SSSR count). The summed E-state index contributed by atoms with van der Waals surface area (Å²) in [6.45, 7) is 5.06. The van der Waals surface area contributed by atoms with Gasteiger partial charge in [0.25, 0.3) is 0 Å². The molecule has 0 aliphatic rings. The molecule has 2 atom stereocenters. The van der Waals surface area contributed by atoms with Crippen LogP contribution in [0.2, 0.25) is 5.02 Å². The van der Waals surface area contributed by atoms with E-state index in [9.17, 15) is 0 Å². The number of pyridine rings is 1. The van der Waals surface area contributed by atoms with E-state index in [1.165, 1.54) is 0 Å². The highest BCUT2D eigenvalue weighted by atomic mass is 35.5. The van der Waals surface area contributed by atoms with Gasteiger partial charge in [0.1, 0.15) is 0 Å². The van der Waals surface area contributed by atoms with Crippen molar-refractivity contribution in [3.05, 3.63) is 29.0 Å². The molecule has 0 amide bonds. The van der Waals surface area contributed by atoms with Crippen molar-refractivity contribution in [3.63, 3.8) is 0 Å². The number of methoxy groups -OCH3 is 1. The highest BCUT2D eigenvalue weighted by Crippen LogP contribution is 2.16. The number of hydrogen-bond acceptors (Lipinski definition) is 3. The average Bonchev–Trinajstić information content (AvgIpc) is 2.30. The highest BCUT2D eigenvalue weighted by Gasteiger charge is 2.17. The van der Waals surface area contributed by atoms with E-state index in [0.29, 0.717) is 5.02 Å². The molecule has 1 N–H and O–H groups in total. The van der Waals surface area contributed by atoms with Crippen molar-refractivity contribution in [2.45, 2.75) is 32.4 Å². The van der Waals surface area contributed by atoms with E-state index >= 15 is 0 Å². The molecule has 1 heterocycles. The van der Waals surface area contributed by atoms with Crippen LogP contribution < -0.4 is 5.32 Å². The number of nitrogens with one attached hydrogen (secondary N) is 1. The molecule has 4 heteroatoms. The Balaban J connectivity index is 2.71. The second-order valence-corrected chi connectivity index (χ2v) is 4.18. The molecule has 1 aromatic heterocycles.